The molecule has 0 radical (unpaired) electrons. The highest BCUT2D eigenvalue weighted by atomic mass is 16.3. The molecular formula is C26H27N3O. The Bertz CT molecular complexity index is 1180. The number of hydrogen-bond donors (Lipinski definition) is 1. The van der Waals surface area contributed by atoms with Gasteiger partial charge in [0.1, 0.15) is 11.4 Å². The first-order valence-corrected chi connectivity index (χ1v) is 10.4. The molecule has 1 aromatic heterocycles. The Morgan fingerprint density at radius 3 is 2.60 bits per heavy atom. The van der Waals surface area contributed by atoms with Gasteiger partial charge in [0.2, 0.25) is 0 Å². The fourth-order valence-corrected chi connectivity index (χ4v) is 4.36. The number of phenols is 1. The fraction of sp³-hybridized carbons (Fsp3) is 0.231. The number of anilines is 1. The first-order chi connectivity index (χ1) is 14.5. The Morgan fingerprint density at radius 2 is 1.90 bits per heavy atom. The Morgan fingerprint density at radius 1 is 1.13 bits per heavy atom. The van der Waals surface area contributed by atoms with Crippen molar-refractivity contribution < 1.29 is 5.11 Å². The van der Waals surface area contributed by atoms with Gasteiger partial charge in [-0.05, 0) is 62.1 Å². The van der Waals surface area contributed by atoms with Crippen LogP contribution in [-0.2, 0) is 0 Å². The predicted molar refractivity (Wildman–Crippen MR) is 125 cm³/mol. The number of fused-ring (bicyclic) bond motifs is 1. The van der Waals surface area contributed by atoms with Gasteiger partial charge >= 0.3 is 0 Å². The molecule has 3 aromatic rings. The van der Waals surface area contributed by atoms with Crippen molar-refractivity contribution in [2.24, 2.45) is 0 Å². The summed E-state index contributed by atoms with van der Waals surface area (Å²) in [6.45, 7) is 11.1. The number of hydrogen-bond acceptors (Lipinski definition) is 4. The van der Waals surface area contributed by atoms with Gasteiger partial charge in [0, 0.05) is 22.9 Å². The number of aryl methyl sites for hydroxylation is 1. The summed E-state index contributed by atoms with van der Waals surface area (Å²) in [7, 11) is 0. The second-order valence-corrected chi connectivity index (χ2v) is 7.72. The van der Waals surface area contributed by atoms with Gasteiger partial charge < -0.3 is 10.0 Å². The maximum absolute atomic E-state index is 9.79. The highest BCUT2D eigenvalue weighted by molar-refractivity contribution is 6.01. The monoisotopic (exact) mass is 397 g/mol. The van der Waals surface area contributed by atoms with Gasteiger partial charge in [-0.1, -0.05) is 49.1 Å². The van der Waals surface area contributed by atoms with Crippen LogP contribution in [0.2, 0.25) is 0 Å². The van der Waals surface area contributed by atoms with Crippen LogP contribution in [0.3, 0.4) is 0 Å². The minimum atomic E-state index is 0.182. The smallest absolute Gasteiger partial charge is 0.159 e. The Labute approximate surface area is 177 Å². The van der Waals surface area contributed by atoms with E-state index in [0.29, 0.717) is 0 Å². The van der Waals surface area contributed by atoms with Crippen LogP contribution in [0.15, 0.2) is 78.4 Å². The number of nitrogens with zero attached hydrogens (tertiary/aromatic N) is 3. The van der Waals surface area contributed by atoms with Gasteiger partial charge in [-0.2, -0.15) is 0 Å². The first kappa shape index (κ1) is 19.9. The average molecular weight is 398 g/mol. The summed E-state index contributed by atoms with van der Waals surface area (Å²) in [6.07, 6.45) is 7.17. The lowest BCUT2D eigenvalue weighted by molar-refractivity contribution is 0.475. The highest BCUT2D eigenvalue weighted by Crippen LogP contribution is 2.37. The van der Waals surface area contributed by atoms with Crippen molar-refractivity contribution >= 4 is 16.6 Å². The van der Waals surface area contributed by atoms with E-state index in [0.717, 1.165) is 46.4 Å². The third kappa shape index (κ3) is 3.39. The maximum Gasteiger partial charge on any atom is 0.159 e. The van der Waals surface area contributed by atoms with Gasteiger partial charge in [-0.25, -0.2) is 0 Å². The highest BCUT2D eigenvalue weighted by Gasteiger charge is 2.27. The third-order valence-corrected chi connectivity index (χ3v) is 5.91. The molecule has 0 saturated carbocycles. The molecule has 0 saturated heterocycles. The van der Waals surface area contributed by atoms with Crippen molar-refractivity contribution in [2.45, 2.75) is 33.2 Å². The van der Waals surface area contributed by atoms with Crippen LogP contribution < -0.4 is 4.90 Å². The molecule has 0 fully saturated rings. The largest absolute Gasteiger partial charge is 0.508 e. The average Bonchev–Trinajstić information content (AvgIpc) is 2.75. The molecule has 0 amide bonds. The summed E-state index contributed by atoms with van der Waals surface area (Å²) >= 11 is 0. The quantitative estimate of drug-likeness (QED) is 0.589. The summed E-state index contributed by atoms with van der Waals surface area (Å²) in [5.74, 6) is 1.16. The Kier molecular flexibility index (Phi) is 5.40. The van der Waals surface area contributed by atoms with E-state index >= 15 is 0 Å². The Hall–Kier alpha value is -3.40. The number of aromatic nitrogens is 2. The fourth-order valence-electron chi connectivity index (χ4n) is 4.36. The van der Waals surface area contributed by atoms with Crippen molar-refractivity contribution in [2.75, 3.05) is 11.4 Å². The zero-order chi connectivity index (χ0) is 21.3. The van der Waals surface area contributed by atoms with E-state index in [1.165, 1.54) is 11.1 Å². The molecule has 30 heavy (non-hydrogen) atoms. The molecular weight excluding hydrogens is 370 g/mol. The van der Waals surface area contributed by atoms with Crippen LogP contribution in [0.5, 0.6) is 5.75 Å². The van der Waals surface area contributed by atoms with Crippen molar-refractivity contribution in [3.63, 3.8) is 0 Å². The summed E-state index contributed by atoms with van der Waals surface area (Å²) in [6, 6.07) is 13.9. The normalized spacial score (nSPS) is 17.2. The van der Waals surface area contributed by atoms with E-state index in [9.17, 15) is 5.11 Å². The Balaban J connectivity index is 1.87. The van der Waals surface area contributed by atoms with Crippen LogP contribution in [-0.4, -0.2) is 27.9 Å². The minimum Gasteiger partial charge on any atom is -0.508 e. The number of phenolic OH excluding ortho intramolecular Hbond substituents is 1. The number of benzene rings is 2. The molecule has 152 valence electrons. The third-order valence-electron chi connectivity index (χ3n) is 5.91. The summed E-state index contributed by atoms with van der Waals surface area (Å²) in [5.41, 5.74) is 5.38. The number of rotatable bonds is 4. The van der Waals surface area contributed by atoms with Crippen LogP contribution >= 0.6 is 0 Å². The van der Waals surface area contributed by atoms with Gasteiger partial charge in [0.05, 0.1) is 6.04 Å². The van der Waals surface area contributed by atoms with Crippen LogP contribution in [0.25, 0.3) is 22.0 Å². The number of aromatic hydroxyl groups is 1. The molecule has 1 unspecified atom stereocenters. The summed E-state index contributed by atoms with van der Waals surface area (Å²) in [5, 5.41) is 21.3. The van der Waals surface area contributed by atoms with Gasteiger partial charge in [-0.3, -0.25) is 0 Å². The molecule has 1 N–H and O–H groups in total. The van der Waals surface area contributed by atoms with Gasteiger partial charge in [0.15, 0.2) is 5.82 Å². The van der Waals surface area contributed by atoms with Crippen molar-refractivity contribution in [3.05, 3.63) is 84.0 Å². The molecule has 0 bridgehead atoms. The van der Waals surface area contributed by atoms with E-state index in [4.69, 9.17) is 5.10 Å². The molecule has 2 heterocycles. The standard InChI is InChI=1S/C26H27N3O/c1-5-9-22-18(4)29(15-14-19(22)6-2)26-24-11-8-7-10-23(24)25(27-28-26)21-13-12-20(30)16-17(21)3/h5-13,16,18,30H,2,14-15H2,1,3-4H3/b9-5-. The summed E-state index contributed by atoms with van der Waals surface area (Å²) in [4.78, 5) is 2.34. The molecule has 4 nitrogen and oxygen atoms in total. The van der Waals surface area contributed by atoms with Crippen LogP contribution in [0.4, 0.5) is 5.82 Å². The number of allylic oxidation sites excluding steroid dienone is 2. The van der Waals surface area contributed by atoms with Gasteiger partial charge in [-0.15, -0.1) is 10.2 Å². The first-order valence-electron chi connectivity index (χ1n) is 10.4. The molecule has 4 heteroatoms. The van der Waals surface area contributed by atoms with Crippen molar-refractivity contribution in [1.82, 2.24) is 10.2 Å². The molecule has 4 rings (SSSR count). The van der Waals surface area contributed by atoms with Crippen LogP contribution in [0, 0.1) is 6.92 Å². The zero-order valence-electron chi connectivity index (χ0n) is 17.8. The van der Waals surface area contributed by atoms with Crippen molar-refractivity contribution in [1.29, 1.82) is 0 Å². The lowest BCUT2D eigenvalue weighted by Crippen LogP contribution is -2.39. The molecule has 0 spiro atoms. The molecule has 2 aromatic carbocycles. The lowest BCUT2D eigenvalue weighted by Gasteiger charge is -2.37. The van der Waals surface area contributed by atoms with Crippen LogP contribution in [0.1, 0.15) is 25.8 Å². The summed E-state index contributed by atoms with van der Waals surface area (Å²) < 4.78 is 0. The zero-order valence-corrected chi connectivity index (χ0v) is 17.8. The molecule has 1 aliphatic heterocycles. The second-order valence-electron chi connectivity index (χ2n) is 7.72. The topological polar surface area (TPSA) is 49.2 Å². The SMILES string of the molecule is C=CC1=C(/C=C\C)C(C)N(c2nnc(-c3ccc(O)cc3C)c3ccccc23)CC1. The second kappa shape index (κ2) is 8.15. The molecule has 1 atom stereocenters. The van der Waals surface area contributed by atoms with E-state index in [2.05, 4.69) is 47.8 Å². The van der Waals surface area contributed by atoms with E-state index in [-0.39, 0.29) is 11.8 Å². The minimum absolute atomic E-state index is 0.182. The van der Waals surface area contributed by atoms with Gasteiger partial charge in [0.25, 0.3) is 0 Å². The predicted octanol–water partition coefficient (Wildman–Crippen LogP) is 5.97. The van der Waals surface area contributed by atoms with E-state index in [1.54, 1.807) is 12.1 Å². The maximum atomic E-state index is 9.79. The van der Waals surface area contributed by atoms with E-state index < -0.39 is 0 Å². The van der Waals surface area contributed by atoms with E-state index in [1.807, 2.05) is 38.1 Å². The van der Waals surface area contributed by atoms with Crippen molar-refractivity contribution in [3.8, 4) is 17.0 Å². The molecule has 1 aliphatic rings. The lowest BCUT2D eigenvalue weighted by atomic mass is 9.92. The molecule has 0 aliphatic carbocycles.